The van der Waals surface area contributed by atoms with Crippen LogP contribution in [0.15, 0.2) is 0 Å². The monoisotopic (exact) mass is 1520 g/mol. The van der Waals surface area contributed by atoms with Crippen molar-refractivity contribution in [1.29, 1.82) is 0 Å². The fraction of sp³-hybridized carbons (Fsp3) is 0.250. The molecule has 84 valence electrons. The molecule has 0 saturated heterocycles. The summed E-state index contributed by atoms with van der Waals surface area (Å²) in [5, 5.41) is 0. The maximum atomic E-state index is 3.60. The van der Waals surface area contributed by atoms with Crippen LogP contribution < -0.4 is 0 Å². The minimum absolute atomic E-state index is 0. The van der Waals surface area contributed by atoms with Crippen LogP contribution in [0.3, 0.4) is 0 Å². The van der Waals surface area contributed by atoms with E-state index in [9.17, 15) is 0 Å². The predicted molar refractivity (Wildman–Crippen MR) is 22.2 cm³/mol. The Labute approximate surface area is 544 Å². The maximum absolute atomic E-state index is 3.60. The third-order valence-corrected chi connectivity index (χ3v) is 0.524. The summed E-state index contributed by atoms with van der Waals surface area (Å²) in [7, 11) is 0. The Morgan fingerprint density at radius 2 is 0.609 bits per heavy atom. The summed E-state index contributed by atoms with van der Waals surface area (Å²) in [4.78, 5) is 10.6. The molecule has 1 aromatic rings. The molecule has 1 heterocycles. The first-order chi connectivity index (χ1) is 3.39. The molecule has 0 aliphatic carbocycles. The van der Waals surface area contributed by atoms with Crippen LogP contribution >= 0.6 is 0 Å². The van der Waals surface area contributed by atoms with E-state index in [1.807, 2.05) is 0 Å². The molecular weight excluding hydrogens is 1510 g/mol. The second-order valence-corrected chi connectivity index (χ2v) is 1.08. The molecule has 0 saturated carbocycles. The van der Waals surface area contributed by atoms with Crippen molar-refractivity contribution in [1.82, 2.24) is 15.0 Å². The van der Waals surface area contributed by atoms with E-state index in [2.05, 4.69) is 27.6 Å². The van der Waals surface area contributed by atoms with Gasteiger partial charge in [0, 0.05) is 523 Å². The Hall–Kier alpha value is 16.7. The quantitative estimate of drug-likeness (QED) is 0.337. The first kappa shape index (κ1) is 106. The zero-order chi connectivity index (χ0) is 5.11. The first-order valence-electron chi connectivity index (χ1n) is 1.84. The van der Waals surface area contributed by atoms with E-state index >= 15 is 0 Å². The minimum atomic E-state index is 0. The molecule has 16 radical (unpaired) electrons. The molecule has 0 aliphatic rings. The van der Waals surface area contributed by atoms with Crippen LogP contribution in [0.4, 0.5) is 0 Å². The van der Waals surface area contributed by atoms with Crippen LogP contribution in [0, 0.1) is 19.6 Å². The van der Waals surface area contributed by atoms with Gasteiger partial charge in [-0.25, -0.2) is 0 Å². The summed E-state index contributed by atoms with van der Waals surface area (Å²) >= 11 is 0. The van der Waals surface area contributed by atoms with Crippen LogP contribution in [0.2, 0.25) is 0 Å². The van der Waals surface area contributed by atoms with Gasteiger partial charge in [-0.1, -0.05) is 6.92 Å². The SMILES string of the molecule is Cc1n[c-]n[c-]n1.[Y].[Y].[Y].[Y].[Y].[Y].[Y].[Y].[Y].[Y].[Y].[Y].[Y].[Y].[Y].[Y]. The Morgan fingerprint density at radius 3 is 0.696 bits per heavy atom. The molecular formula is C4H3N3Y16-2. The number of hydrogen-bond donors (Lipinski definition) is 0. The fourth-order valence-electron chi connectivity index (χ4n) is 0.242. The molecule has 0 fully saturated rings. The Bertz CT molecular complexity index is 157. The van der Waals surface area contributed by atoms with Gasteiger partial charge in [-0.3, -0.25) is 0 Å². The van der Waals surface area contributed by atoms with Crippen molar-refractivity contribution in [2.24, 2.45) is 0 Å². The van der Waals surface area contributed by atoms with Crippen molar-refractivity contribution in [3.05, 3.63) is 18.5 Å². The smallest absolute Gasteiger partial charge is 0 e. The normalized spacial score (nSPS) is 2.65. The van der Waals surface area contributed by atoms with E-state index in [-0.39, 0.29) is 523 Å². The van der Waals surface area contributed by atoms with Gasteiger partial charge in [0.2, 0.25) is 0 Å². The molecule has 0 bridgehead atoms. The van der Waals surface area contributed by atoms with Gasteiger partial charge < -0.3 is 15.0 Å². The summed E-state index contributed by atoms with van der Waals surface area (Å²) in [6.07, 6.45) is 4.69. The standard InChI is InChI=1S/C4H3N3.16Y/c1-4-6-2-5-3-7-4;;;;;;;;;;;;;;;;/h1H3;;;;;;;;;;;;;;;;/q-2;;;;;;;;;;;;;;;;. The van der Waals surface area contributed by atoms with Crippen LogP contribution in [0.1, 0.15) is 5.82 Å². The number of rotatable bonds is 0. The Morgan fingerprint density at radius 1 is 0.435 bits per heavy atom. The molecule has 19 heteroatoms. The van der Waals surface area contributed by atoms with Crippen molar-refractivity contribution in [3.63, 3.8) is 0 Å². The first-order valence-corrected chi connectivity index (χ1v) is 1.84. The number of hydrogen-bond acceptors (Lipinski definition) is 3. The number of aryl methyl sites for hydroxylation is 1. The van der Waals surface area contributed by atoms with E-state index in [1.165, 1.54) is 0 Å². The van der Waals surface area contributed by atoms with Crippen molar-refractivity contribution in [2.75, 3.05) is 0 Å². The molecule has 0 amide bonds. The van der Waals surface area contributed by atoms with Gasteiger partial charge in [-0.2, -0.15) is 12.7 Å². The predicted octanol–water partition coefficient (Wildman–Crippen LogP) is -0.260. The third-order valence-electron chi connectivity index (χ3n) is 0.524. The van der Waals surface area contributed by atoms with Gasteiger partial charge in [0.1, 0.15) is 0 Å². The molecule has 0 atom stereocenters. The van der Waals surface area contributed by atoms with Crippen molar-refractivity contribution in [2.45, 2.75) is 6.92 Å². The molecule has 1 aromatic heterocycles. The van der Waals surface area contributed by atoms with E-state index in [0.29, 0.717) is 5.82 Å². The number of aromatic nitrogens is 3. The van der Waals surface area contributed by atoms with Crippen molar-refractivity contribution < 1.29 is 523 Å². The van der Waals surface area contributed by atoms with Crippen LogP contribution in [-0.4, -0.2) is 15.0 Å². The molecule has 0 spiro atoms. The van der Waals surface area contributed by atoms with E-state index in [4.69, 9.17) is 0 Å². The average Bonchev–Trinajstić information content (AvgIpc) is 1.69. The van der Waals surface area contributed by atoms with E-state index < -0.39 is 0 Å². The van der Waals surface area contributed by atoms with E-state index in [1.54, 1.807) is 6.92 Å². The molecule has 0 unspecified atom stereocenters. The van der Waals surface area contributed by atoms with Gasteiger partial charge >= 0.3 is 0 Å². The van der Waals surface area contributed by atoms with Crippen molar-refractivity contribution in [3.8, 4) is 0 Å². The largest absolute Gasteiger partial charge is 0.505 e. The van der Waals surface area contributed by atoms with Crippen LogP contribution in [0.5, 0.6) is 0 Å². The zero-order valence-corrected chi connectivity index (χ0v) is 58.5. The van der Waals surface area contributed by atoms with Gasteiger partial charge in [0.25, 0.3) is 0 Å². The minimum Gasteiger partial charge on any atom is -0.505 e. The average molecular weight is 1520 g/mol. The van der Waals surface area contributed by atoms with Crippen molar-refractivity contribution >= 4 is 0 Å². The van der Waals surface area contributed by atoms with Gasteiger partial charge in [-0.05, 0) is 0 Å². The third kappa shape index (κ3) is 85.4. The van der Waals surface area contributed by atoms with Crippen LogP contribution in [-0.2, 0) is 523 Å². The Kier molecular flexibility index (Phi) is 415. The second kappa shape index (κ2) is 90.2. The number of nitrogens with zero attached hydrogens (tertiary/aromatic N) is 3. The second-order valence-electron chi connectivity index (χ2n) is 1.08. The van der Waals surface area contributed by atoms with Gasteiger partial charge in [-0.15, -0.1) is 5.82 Å². The topological polar surface area (TPSA) is 38.7 Å². The maximum Gasteiger partial charge on any atom is 0 e. The Balaban J connectivity index is -0.00000000219. The summed E-state index contributed by atoms with van der Waals surface area (Å²) in [6.45, 7) is 1.76. The molecule has 0 N–H and O–H groups in total. The summed E-state index contributed by atoms with van der Waals surface area (Å²) in [6, 6.07) is 0. The fourth-order valence-corrected chi connectivity index (χ4v) is 0.242. The molecule has 3 nitrogen and oxygen atoms in total. The summed E-state index contributed by atoms with van der Waals surface area (Å²) in [5.41, 5.74) is 0. The molecule has 1 rings (SSSR count). The molecule has 0 aliphatic heterocycles. The van der Waals surface area contributed by atoms with Crippen LogP contribution in [0.25, 0.3) is 0 Å². The summed E-state index contributed by atoms with van der Waals surface area (Å²) < 4.78 is 0. The molecule has 23 heavy (non-hydrogen) atoms. The molecule has 0 aromatic carbocycles. The zero-order valence-electron chi connectivity index (χ0n) is 13.1. The van der Waals surface area contributed by atoms with Gasteiger partial charge in [0.05, 0.1) is 0 Å². The van der Waals surface area contributed by atoms with Gasteiger partial charge in [0.15, 0.2) is 0 Å². The summed E-state index contributed by atoms with van der Waals surface area (Å²) in [5.74, 6) is 0.648. The van der Waals surface area contributed by atoms with E-state index in [0.717, 1.165) is 0 Å².